The maximum absolute atomic E-state index is 13.0. The van der Waals surface area contributed by atoms with Crippen molar-refractivity contribution < 1.29 is 26.3 Å². The van der Waals surface area contributed by atoms with Crippen molar-refractivity contribution >= 4 is 5.69 Å². The van der Waals surface area contributed by atoms with Gasteiger partial charge in [0.2, 0.25) is 5.83 Å². The molecule has 0 amide bonds. The first kappa shape index (κ1) is 15.2. The Bertz CT molecular complexity index is 490. The molecule has 0 radical (unpaired) electrons. The molecule has 0 aliphatic rings. The van der Waals surface area contributed by atoms with E-state index in [9.17, 15) is 26.3 Å². The first-order valence-electron chi connectivity index (χ1n) is 4.94. The van der Waals surface area contributed by atoms with Crippen molar-refractivity contribution in [3.63, 3.8) is 0 Å². The molecular weight excluding hydrogens is 274 g/mol. The van der Waals surface area contributed by atoms with Gasteiger partial charge in [0.15, 0.2) is 0 Å². The second-order valence-corrected chi connectivity index (χ2v) is 3.51. The molecule has 0 aliphatic heterocycles. The molecule has 0 saturated carbocycles. The Hall–Kier alpha value is -1.86. The first-order valence-corrected chi connectivity index (χ1v) is 4.94. The molecule has 19 heavy (non-hydrogen) atoms. The molecule has 0 saturated heterocycles. The Kier molecular flexibility index (Phi) is 4.33. The molecule has 0 fully saturated rings. The molecule has 1 rings (SSSR count). The van der Waals surface area contributed by atoms with Crippen LogP contribution in [0.2, 0.25) is 0 Å². The van der Waals surface area contributed by atoms with E-state index in [0.717, 1.165) is 0 Å². The zero-order chi connectivity index (χ0) is 14.7. The zero-order valence-electron chi connectivity index (χ0n) is 9.55. The van der Waals surface area contributed by atoms with Gasteiger partial charge in [-0.05, 0) is 19.1 Å². The highest BCUT2D eigenvalue weighted by Gasteiger charge is 2.62. The molecule has 1 aromatic carbocycles. The van der Waals surface area contributed by atoms with Crippen LogP contribution in [0.5, 0.6) is 0 Å². The van der Waals surface area contributed by atoms with Crippen molar-refractivity contribution in [3.05, 3.63) is 41.9 Å². The summed E-state index contributed by atoms with van der Waals surface area (Å²) < 4.78 is 74.0. The quantitative estimate of drug-likeness (QED) is 0.539. The number of hydrogen-bond acceptors (Lipinski definition) is 2. The second kappa shape index (κ2) is 5.41. The summed E-state index contributed by atoms with van der Waals surface area (Å²) in [7, 11) is 0. The topological polar surface area (TPSA) is 24.7 Å². The minimum atomic E-state index is -6.01. The average Bonchev–Trinajstić information content (AvgIpc) is 2.34. The van der Waals surface area contributed by atoms with Crippen LogP contribution in [-0.2, 0) is 0 Å². The van der Waals surface area contributed by atoms with Crippen molar-refractivity contribution in [2.75, 3.05) is 0 Å². The fraction of sp³-hybridized carbons (Fsp3) is 0.273. The molecule has 0 aromatic heterocycles. The van der Waals surface area contributed by atoms with Gasteiger partial charge in [-0.1, -0.05) is 18.2 Å². The lowest BCUT2D eigenvalue weighted by Crippen LogP contribution is -2.37. The normalized spacial score (nSPS) is 14.7. The summed E-state index contributed by atoms with van der Waals surface area (Å²) in [6, 6.07) is 7.59. The lowest BCUT2D eigenvalue weighted by Gasteiger charge is -2.17. The molecule has 2 nitrogen and oxygen atoms in total. The standard InChI is InChI=1S/C11H8F6N2/c1-7(9(12)10(13,14)11(15,16)17)18-19-8-5-3-2-4-6-8/h2-6H,1H3/b9-7+,19-18?. The van der Waals surface area contributed by atoms with Crippen molar-refractivity contribution in [1.29, 1.82) is 0 Å². The van der Waals surface area contributed by atoms with Gasteiger partial charge in [-0.15, -0.1) is 0 Å². The van der Waals surface area contributed by atoms with Crippen LogP contribution >= 0.6 is 0 Å². The predicted octanol–water partition coefficient (Wildman–Crippen LogP) is 5.17. The molecule has 104 valence electrons. The summed E-state index contributed by atoms with van der Waals surface area (Å²) in [4.78, 5) is 0. The summed E-state index contributed by atoms with van der Waals surface area (Å²) in [5.74, 6) is -8.24. The fourth-order valence-corrected chi connectivity index (χ4v) is 1.02. The highest BCUT2D eigenvalue weighted by Crippen LogP contribution is 2.42. The van der Waals surface area contributed by atoms with Crippen LogP contribution in [0.3, 0.4) is 0 Å². The van der Waals surface area contributed by atoms with Crippen molar-refractivity contribution in [2.24, 2.45) is 10.2 Å². The van der Waals surface area contributed by atoms with Crippen molar-refractivity contribution in [3.8, 4) is 0 Å². The minimum absolute atomic E-state index is 0.199. The van der Waals surface area contributed by atoms with Gasteiger partial charge < -0.3 is 0 Å². The molecule has 8 heteroatoms. The molecule has 1 aromatic rings. The van der Waals surface area contributed by atoms with Crippen molar-refractivity contribution in [2.45, 2.75) is 19.0 Å². The molecular formula is C11H8F6N2. The Labute approximate surface area is 104 Å². The van der Waals surface area contributed by atoms with E-state index >= 15 is 0 Å². The SMILES string of the molecule is C/C(N=Nc1ccccc1)=C(\F)C(F)(F)C(F)(F)F. The molecule has 0 unspecified atom stereocenters. The van der Waals surface area contributed by atoms with Gasteiger partial charge in [0.25, 0.3) is 0 Å². The van der Waals surface area contributed by atoms with E-state index in [4.69, 9.17) is 0 Å². The van der Waals surface area contributed by atoms with Crippen LogP contribution in [0.1, 0.15) is 6.92 Å². The van der Waals surface area contributed by atoms with Gasteiger partial charge in [0.05, 0.1) is 11.4 Å². The van der Waals surface area contributed by atoms with Gasteiger partial charge in [0.1, 0.15) is 0 Å². The largest absolute Gasteiger partial charge is 0.460 e. The number of alkyl halides is 5. The molecule has 0 aliphatic carbocycles. The first-order chi connectivity index (χ1) is 8.66. The summed E-state index contributed by atoms with van der Waals surface area (Å²) in [6.45, 7) is 0.682. The molecule has 0 spiro atoms. The van der Waals surface area contributed by atoms with Crippen molar-refractivity contribution in [1.82, 2.24) is 0 Å². The monoisotopic (exact) mass is 282 g/mol. The number of azo groups is 1. The van der Waals surface area contributed by atoms with E-state index in [1.54, 1.807) is 18.2 Å². The van der Waals surface area contributed by atoms with E-state index in [1.807, 2.05) is 0 Å². The van der Waals surface area contributed by atoms with Crippen LogP contribution in [0.4, 0.5) is 32.0 Å². The van der Waals surface area contributed by atoms with E-state index in [2.05, 4.69) is 10.2 Å². The smallest absolute Gasteiger partial charge is 0.203 e. The number of benzene rings is 1. The fourth-order valence-electron chi connectivity index (χ4n) is 1.02. The van der Waals surface area contributed by atoms with Crippen LogP contribution in [0.25, 0.3) is 0 Å². The van der Waals surface area contributed by atoms with E-state index in [-0.39, 0.29) is 5.69 Å². The summed E-state index contributed by atoms with van der Waals surface area (Å²) >= 11 is 0. The number of nitrogens with zero attached hydrogens (tertiary/aromatic N) is 2. The van der Waals surface area contributed by atoms with Gasteiger partial charge in [-0.25, -0.2) is 4.39 Å². The molecule has 0 N–H and O–H groups in total. The highest BCUT2D eigenvalue weighted by atomic mass is 19.4. The van der Waals surface area contributed by atoms with Crippen LogP contribution in [-0.4, -0.2) is 12.1 Å². The summed E-state index contributed by atoms with van der Waals surface area (Å²) in [6.07, 6.45) is -6.01. The van der Waals surface area contributed by atoms with E-state index in [0.29, 0.717) is 6.92 Å². The number of halogens is 6. The summed E-state index contributed by atoms with van der Waals surface area (Å²) in [5, 5.41) is 6.37. The van der Waals surface area contributed by atoms with Gasteiger partial charge in [-0.3, -0.25) is 0 Å². The maximum Gasteiger partial charge on any atom is 0.460 e. The molecule has 0 bridgehead atoms. The predicted molar refractivity (Wildman–Crippen MR) is 55.8 cm³/mol. The van der Waals surface area contributed by atoms with E-state index in [1.165, 1.54) is 12.1 Å². The number of allylic oxidation sites excluding steroid dienone is 2. The second-order valence-electron chi connectivity index (χ2n) is 3.51. The lowest BCUT2D eigenvalue weighted by molar-refractivity contribution is -0.270. The Morgan fingerprint density at radius 3 is 2.00 bits per heavy atom. The van der Waals surface area contributed by atoms with Crippen LogP contribution in [0, 0.1) is 0 Å². The number of rotatable bonds is 3. The van der Waals surface area contributed by atoms with Gasteiger partial charge >= 0.3 is 12.1 Å². The zero-order valence-corrected chi connectivity index (χ0v) is 9.55. The summed E-state index contributed by atoms with van der Waals surface area (Å²) in [5.41, 5.74) is -0.934. The van der Waals surface area contributed by atoms with Gasteiger partial charge in [0, 0.05) is 0 Å². The molecule has 0 atom stereocenters. The third-order valence-electron chi connectivity index (χ3n) is 2.02. The third-order valence-corrected chi connectivity index (χ3v) is 2.02. The van der Waals surface area contributed by atoms with E-state index < -0.39 is 23.6 Å². The Morgan fingerprint density at radius 2 is 1.53 bits per heavy atom. The lowest BCUT2D eigenvalue weighted by atomic mass is 10.2. The Morgan fingerprint density at radius 1 is 1.00 bits per heavy atom. The average molecular weight is 282 g/mol. The van der Waals surface area contributed by atoms with Gasteiger partial charge in [-0.2, -0.15) is 32.2 Å². The molecule has 0 heterocycles. The highest BCUT2D eigenvalue weighted by molar-refractivity contribution is 5.35. The third kappa shape index (κ3) is 3.55. The Balaban J connectivity index is 3.01. The minimum Gasteiger partial charge on any atom is -0.203 e. The maximum atomic E-state index is 13.0. The number of hydrogen-bond donors (Lipinski definition) is 0. The van der Waals surface area contributed by atoms with Crippen LogP contribution in [0.15, 0.2) is 52.1 Å². The van der Waals surface area contributed by atoms with Crippen LogP contribution < -0.4 is 0 Å².